The van der Waals surface area contributed by atoms with Gasteiger partial charge in [-0.25, -0.2) is 9.78 Å². The second-order valence-electron chi connectivity index (χ2n) is 5.26. The Labute approximate surface area is 123 Å². The van der Waals surface area contributed by atoms with Gasteiger partial charge in [0.2, 0.25) is 5.01 Å². The molecule has 1 fully saturated rings. The fourth-order valence-corrected chi connectivity index (χ4v) is 3.33. The zero-order chi connectivity index (χ0) is 14.6. The van der Waals surface area contributed by atoms with Crippen LogP contribution in [0, 0.1) is 0 Å². The summed E-state index contributed by atoms with van der Waals surface area (Å²) in [6.45, 7) is 5.76. The lowest BCUT2D eigenvalue weighted by Gasteiger charge is -2.40. The lowest BCUT2D eigenvalue weighted by atomic mass is 9.86. The average Bonchev–Trinajstić information content (AvgIpc) is 2.94. The van der Waals surface area contributed by atoms with Gasteiger partial charge in [0.1, 0.15) is 0 Å². The second-order valence-corrected chi connectivity index (χ2v) is 6.12. The van der Waals surface area contributed by atoms with E-state index >= 15 is 0 Å². The van der Waals surface area contributed by atoms with Crippen molar-refractivity contribution in [3.8, 4) is 0 Å². The van der Waals surface area contributed by atoms with Crippen molar-refractivity contribution in [3.63, 3.8) is 0 Å². The van der Waals surface area contributed by atoms with Gasteiger partial charge >= 0.3 is 5.97 Å². The van der Waals surface area contributed by atoms with Crippen LogP contribution in [0.2, 0.25) is 0 Å². The van der Waals surface area contributed by atoms with Crippen molar-refractivity contribution in [2.24, 2.45) is 0 Å². The van der Waals surface area contributed by atoms with Gasteiger partial charge in [0, 0.05) is 24.6 Å². The van der Waals surface area contributed by atoms with Crippen LogP contribution in [-0.4, -0.2) is 34.3 Å². The van der Waals surface area contributed by atoms with E-state index in [1.54, 1.807) is 0 Å². The third kappa shape index (κ3) is 3.56. The Bertz CT molecular complexity index is 457. The minimum absolute atomic E-state index is 0.00418. The van der Waals surface area contributed by atoms with Crippen molar-refractivity contribution in [3.05, 3.63) is 16.1 Å². The third-order valence-corrected chi connectivity index (χ3v) is 4.97. The lowest BCUT2D eigenvalue weighted by molar-refractivity contribution is -0.0932. The molecule has 112 valence electrons. The zero-order valence-electron chi connectivity index (χ0n) is 12.0. The van der Waals surface area contributed by atoms with Crippen molar-refractivity contribution in [1.29, 1.82) is 0 Å². The molecule has 0 bridgehead atoms. The van der Waals surface area contributed by atoms with Gasteiger partial charge in [-0.05, 0) is 25.7 Å². The molecular formula is C14H22N2O3S. The topological polar surface area (TPSA) is 71.5 Å². The highest BCUT2D eigenvalue weighted by Gasteiger charge is 2.34. The highest BCUT2D eigenvalue weighted by Crippen LogP contribution is 2.31. The summed E-state index contributed by atoms with van der Waals surface area (Å²) in [7, 11) is 0. The van der Waals surface area contributed by atoms with Crippen molar-refractivity contribution in [2.45, 2.75) is 57.7 Å². The van der Waals surface area contributed by atoms with Gasteiger partial charge in [-0.1, -0.05) is 13.8 Å². The number of hydrogen-bond donors (Lipinski definition) is 2. The summed E-state index contributed by atoms with van der Waals surface area (Å²) in [6, 6.07) is 0.415. The number of hydrogen-bond acceptors (Lipinski definition) is 5. The molecule has 0 radical (unpaired) electrons. The highest BCUT2D eigenvalue weighted by molar-refractivity contribution is 7.11. The van der Waals surface area contributed by atoms with Gasteiger partial charge in [-0.15, -0.1) is 11.3 Å². The molecule has 0 spiro atoms. The molecule has 2 N–H and O–H groups in total. The molecule has 0 aliphatic carbocycles. The van der Waals surface area contributed by atoms with Crippen LogP contribution >= 0.6 is 11.3 Å². The number of rotatable bonds is 6. The average molecular weight is 298 g/mol. The standard InChI is InChI=1S/C14H22N2O3S/c1-3-14(4-2)7-10(5-6-19-14)15-8-11-9-20-12(16-11)13(17)18/h9-10,15H,3-8H2,1-2H3,(H,17,18). The first-order valence-corrected chi connectivity index (χ1v) is 8.01. The Kier molecular flexibility index (Phi) is 5.12. The molecule has 2 rings (SSSR count). The van der Waals surface area contributed by atoms with Gasteiger partial charge in [0.25, 0.3) is 0 Å². The number of aromatic nitrogens is 1. The zero-order valence-corrected chi connectivity index (χ0v) is 12.8. The summed E-state index contributed by atoms with van der Waals surface area (Å²) in [5.41, 5.74) is 0.807. The predicted octanol–water partition coefficient (Wildman–Crippen LogP) is 2.67. The highest BCUT2D eigenvalue weighted by atomic mass is 32.1. The van der Waals surface area contributed by atoms with Gasteiger partial charge in [0.15, 0.2) is 0 Å². The molecule has 1 aromatic heterocycles. The summed E-state index contributed by atoms with van der Waals surface area (Å²) in [4.78, 5) is 14.9. The first-order valence-electron chi connectivity index (χ1n) is 7.13. The maximum atomic E-state index is 10.8. The Balaban J connectivity index is 1.88. The van der Waals surface area contributed by atoms with Crippen molar-refractivity contribution in [2.75, 3.05) is 6.61 Å². The lowest BCUT2D eigenvalue weighted by Crippen LogP contribution is -2.46. The van der Waals surface area contributed by atoms with Gasteiger partial charge in [-0.2, -0.15) is 0 Å². The van der Waals surface area contributed by atoms with Crippen molar-refractivity contribution < 1.29 is 14.6 Å². The molecular weight excluding hydrogens is 276 g/mol. The summed E-state index contributed by atoms with van der Waals surface area (Å²) in [5.74, 6) is -0.955. The van der Waals surface area contributed by atoms with E-state index in [0.29, 0.717) is 12.6 Å². The molecule has 5 nitrogen and oxygen atoms in total. The maximum Gasteiger partial charge on any atom is 0.365 e. The molecule has 1 saturated heterocycles. The van der Waals surface area contributed by atoms with E-state index < -0.39 is 5.97 Å². The fourth-order valence-electron chi connectivity index (χ4n) is 2.68. The number of carbonyl (C=O) groups is 1. The van der Waals surface area contributed by atoms with Gasteiger partial charge in [0.05, 0.1) is 11.3 Å². The maximum absolute atomic E-state index is 10.8. The molecule has 1 aliphatic rings. The largest absolute Gasteiger partial charge is 0.476 e. The molecule has 20 heavy (non-hydrogen) atoms. The molecule has 6 heteroatoms. The number of nitrogens with zero attached hydrogens (tertiary/aromatic N) is 1. The van der Waals surface area contributed by atoms with Crippen molar-refractivity contribution >= 4 is 17.3 Å². The van der Waals surface area contributed by atoms with Crippen molar-refractivity contribution in [1.82, 2.24) is 10.3 Å². The normalized spacial score (nSPS) is 21.8. The Morgan fingerprint density at radius 3 is 2.95 bits per heavy atom. The molecule has 0 aromatic carbocycles. The monoisotopic (exact) mass is 298 g/mol. The SMILES string of the molecule is CCC1(CC)CC(NCc2csc(C(=O)O)n2)CCO1. The third-order valence-electron chi connectivity index (χ3n) is 4.09. The first-order chi connectivity index (χ1) is 9.58. The van der Waals surface area contributed by atoms with Crippen LogP contribution in [0.4, 0.5) is 0 Å². The van der Waals surface area contributed by atoms with Crippen LogP contribution in [0.5, 0.6) is 0 Å². The number of aromatic carboxylic acids is 1. The van der Waals surface area contributed by atoms with E-state index in [4.69, 9.17) is 9.84 Å². The van der Waals surface area contributed by atoms with Gasteiger partial charge in [-0.3, -0.25) is 0 Å². The summed E-state index contributed by atoms with van der Waals surface area (Å²) >= 11 is 1.18. The number of nitrogens with one attached hydrogen (secondary N) is 1. The number of carboxylic acid groups (broad SMARTS) is 1. The molecule has 0 saturated carbocycles. The van der Waals surface area contributed by atoms with Crippen LogP contribution < -0.4 is 5.32 Å². The Morgan fingerprint density at radius 2 is 2.35 bits per heavy atom. The van der Waals surface area contributed by atoms with E-state index in [-0.39, 0.29) is 10.6 Å². The van der Waals surface area contributed by atoms with Crippen LogP contribution in [0.15, 0.2) is 5.38 Å². The minimum Gasteiger partial charge on any atom is -0.476 e. The molecule has 1 unspecified atom stereocenters. The Morgan fingerprint density at radius 1 is 1.60 bits per heavy atom. The fraction of sp³-hybridized carbons (Fsp3) is 0.714. The Hall–Kier alpha value is -0.980. The van der Waals surface area contributed by atoms with Crippen LogP contribution in [0.3, 0.4) is 0 Å². The van der Waals surface area contributed by atoms with E-state index in [1.165, 1.54) is 11.3 Å². The van der Waals surface area contributed by atoms with E-state index in [1.807, 2.05) is 5.38 Å². The minimum atomic E-state index is -0.955. The second kappa shape index (κ2) is 6.65. The predicted molar refractivity (Wildman–Crippen MR) is 78.2 cm³/mol. The van der Waals surface area contributed by atoms with E-state index in [9.17, 15) is 4.79 Å². The first kappa shape index (κ1) is 15.4. The number of carboxylic acids is 1. The number of ether oxygens (including phenoxy) is 1. The summed E-state index contributed by atoms with van der Waals surface area (Å²) < 4.78 is 5.95. The van der Waals surface area contributed by atoms with Crippen LogP contribution in [-0.2, 0) is 11.3 Å². The molecule has 0 amide bonds. The molecule has 2 heterocycles. The van der Waals surface area contributed by atoms with Gasteiger partial charge < -0.3 is 15.2 Å². The molecule has 1 aromatic rings. The number of thiazole rings is 1. The molecule has 1 aliphatic heterocycles. The van der Waals surface area contributed by atoms with E-state index in [0.717, 1.165) is 38.0 Å². The van der Waals surface area contributed by atoms with E-state index in [2.05, 4.69) is 24.1 Å². The quantitative estimate of drug-likeness (QED) is 0.845. The summed E-state index contributed by atoms with van der Waals surface area (Å²) in [6.07, 6.45) is 4.07. The summed E-state index contributed by atoms with van der Waals surface area (Å²) in [5, 5.41) is 14.3. The van der Waals surface area contributed by atoms with Crippen LogP contribution in [0.1, 0.15) is 55.0 Å². The smallest absolute Gasteiger partial charge is 0.365 e. The molecule has 1 atom stereocenters. The van der Waals surface area contributed by atoms with Crippen LogP contribution in [0.25, 0.3) is 0 Å².